The number of nitrogens with one attached hydrogen (secondary N) is 2. The minimum absolute atomic E-state index is 0.0185. The van der Waals surface area contributed by atoms with Crippen molar-refractivity contribution in [3.63, 3.8) is 0 Å². The van der Waals surface area contributed by atoms with Gasteiger partial charge in [-0.15, -0.1) is 13.2 Å². The van der Waals surface area contributed by atoms with E-state index >= 15 is 0 Å². The van der Waals surface area contributed by atoms with Crippen LogP contribution in [0, 0.1) is 0 Å². The molecule has 1 aliphatic carbocycles. The molecule has 2 N–H and O–H groups in total. The van der Waals surface area contributed by atoms with Gasteiger partial charge < -0.3 is 14.8 Å². The van der Waals surface area contributed by atoms with Crippen LogP contribution in [0.5, 0.6) is 11.5 Å². The molecule has 3 aromatic carbocycles. The summed E-state index contributed by atoms with van der Waals surface area (Å²) in [6.07, 6.45) is -3.51. The monoisotopic (exact) mass is 520 g/mol. The lowest BCUT2D eigenvalue weighted by atomic mass is 9.95. The van der Waals surface area contributed by atoms with E-state index in [1.165, 1.54) is 30.3 Å². The second-order valence-electron chi connectivity index (χ2n) is 8.18. The van der Waals surface area contributed by atoms with Crippen molar-refractivity contribution in [3.8, 4) is 11.5 Å². The first kappa shape index (κ1) is 25.4. The molecule has 3 aromatic rings. The van der Waals surface area contributed by atoms with Gasteiger partial charge in [-0.1, -0.05) is 36.4 Å². The number of alkyl halides is 3. The maximum Gasteiger partial charge on any atom is 0.573 e. The number of hydrogen-bond donors (Lipinski definition) is 2. The minimum Gasteiger partial charge on any atom is -0.492 e. The van der Waals surface area contributed by atoms with Gasteiger partial charge in [-0.2, -0.15) is 0 Å². The summed E-state index contributed by atoms with van der Waals surface area (Å²) in [5.41, 5.74) is 0.510. The van der Waals surface area contributed by atoms with Crippen LogP contribution in [0.15, 0.2) is 77.7 Å². The standard InChI is InChI=1S/C25H23F3N2O5S/c1-2-34-21-16-18(29-23(31)24(13-14-24)17-7-4-3-5-8-17)11-12-22(21)36(32,33)30-19-9-6-10-20(15-19)35-25(26,27)28/h3-12,15-16,30H,2,13-14H2,1H3,(H,29,31). The van der Waals surface area contributed by atoms with Gasteiger partial charge in [-0.3, -0.25) is 9.52 Å². The summed E-state index contributed by atoms with van der Waals surface area (Å²) in [5.74, 6) is -0.792. The van der Waals surface area contributed by atoms with E-state index in [1.807, 2.05) is 30.3 Å². The minimum atomic E-state index is -4.92. The maximum atomic E-state index is 13.0. The van der Waals surface area contributed by atoms with Crippen molar-refractivity contribution < 1.29 is 35.9 Å². The quantitative estimate of drug-likeness (QED) is 0.391. The summed E-state index contributed by atoms with van der Waals surface area (Å²) >= 11 is 0. The van der Waals surface area contributed by atoms with Gasteiger partial charge in [0.25, 0.3) is 10.0 Å². The summed E-state index contributed by atoms with van der Waals surface area (Å²) in [4.78, 5) is 12.8. The van der Waals surface area contributed by atoms with Crippen LogP contribution < -0.4 is 19.5 Å². The zero-order valence-corrected chi connectivity index (χ0v) is 19.9. The molecule has 1 amide bonds. The van der Waals surface area contributed by atoms with Gasteiger partial charge in [0.05, 0.1) is 17.7 Å². The molecule has 0 atom stereocenters. The highest BCUT2D eigenvalue weighted by Crippen LogP contribution is 2.49. The van der Waals surface area contributed by atoms with E-state index in [1.54, 1.807) is 6.92 Å². The highest BCUT2D eigenvalue weighted by Gasteiger charge is 2.51. The van der Waals surface area contributed by atoms with Crippen molar-refractivity contribution in [2.75, 3.05) is 16.6 Å². The Morgan fingerprint density at radius 1 is 0.972 bits per heavy atom. The Bertz CT molecular complexity index is 1360. The first-order valence-electron chi connectivity index (χ1n) is 11.0. The summed E-state index contributed by atoms with van der Waals surface area (Å²) in [7, 11) is -4.26. The number of benzene rings is 3. The highest BCUT2D eigenvalue weighted by molar-refractivity contribution is 7.92. The molecule has 0 radical (unpaired) electrons. The van der Waals surface area contributed by atoms with Gasteiger partial charge in [0, 0.05) is 17.8 Å². The number of amides is 1. The van der Waals surface area contributed by atoms with E-state index in [9.17, 15) is 26.4 Å². The summed E-state index contributed by atoms with van der Waals surface area (Å²) in [5, 5.41) is 2.84. The Kier molecular flexibility index (Phi) is 6.85. The van der Waals surface area contributed by atoms with Crippen molar-refractivity contribution >= 4 is 27.3 Å². The highest BCUT2D eigenvalue weighted by atomic mass is 32.2. The average molecular weight is 521 g/mol. The molecule has 190 valence electrons. The fourth-order valence-electron chi connectivity index (χ4n) is 3.82. The van der Waals surface area contributed by atoms with E-state index in [2.05, 4.69) is 14.8 Å². The van der Waals surface area contributed by atoms with Crippen LogP contribution in [-0.2, 0) is 20.2 Å². The molecule has 0 aromatic heterocycles. The molecule has 0 aliphatic heterocycles. The predicted octanol–water partition coefficient (Wildman–Crippen LogP) is 5.46. The molecule has 0 saturated heterocycles. The van der Waals surface area contributed by atoms with Crippen LogP contribution in [0.3, 0.4) is 0 Å². The van der Waals surface area contributed by atoms with Crippen LogP contribution in [0.25, 0.3) is 0 Å². The Balaban J connectivity index is 1.56. The zero-order valence-electron chi connectivity index (χ0n) is 19.1. The van der Waals surface area contributed by atoms with E-state index in [0.29, 0.717) is 18.5 Å². The number of sulfonamides is 1. The molecular weight excluding hydrogens is 497 g/mol. The Hall–Kier alpha value is -3.73. The lowest BCUT2D eigenvalue weighted by molar-refractivity contribution is -0.274. The van der Waals surface area contributed by atoms with Gasteiger partial charge in [0.2, 0.25) is 5.91 Å². The van der Waals surface area contributed by atoms with Gasteiger partial charge in [0.1, 0.15) is 16.4 Å². The van der Waals surface area contributed by atoms with Crippen LogP contribution in [-0.4, -0.2) is 27.3 Å². The largest absolute Gasteiger partial charge is 0.573 e. The number of carbonyl (C=O) groups is 1. The number of anilines is 2. The molecule has 11 heteroatoms. The van der Waals surface area contributed by atoms with Gasteiger partial charge >= 0.3 is 6.36 Å². The van der Waals surface area contributed by atoms with Crippen molar-refractivity contribution in [3.05, 3.63) is 78.4 Å². The Morgan fingerprint density at radius 3 is 2.33 bits per heavy atom. The molecule has 1 aliphatic rings. The average Bonchev–Trinajstić information content (AvgIpc) is 3.61. The Morgan fingerprint density at radius 2 is 1.69 bits per heavy atom. The molecule has 0 bridgehead atoms. The molecule has 0 unspecified atom stereocenters. The van der Waals surface area contributed by atoms with Crippen LogP contribution >= 0.6 is 0 Å². The third-order valence-electron chi connectivity index (χ3n) is 5.62. The number of rotatable bonds is 9. The van der Waals surface area contributed by atoms with Crippen LogP contribution in [0.4, 0.5) is 24.5 Å². The lowest BCUT2D eigenvalue weighted by Crippen LogP contribution is -2.27. The molecule has 0 heterocycles. The lowest BCUT2D eigenvalue weighted by Gasteiger charge is -2.18. The number of carbonyl (C=O) groups excluding carboxylic acids is 1. The molecule has 1 saturated carbocycles. The van der Waals surface area contributed by atoms with E-state index < -0.39 is 27.6 Å². The molecule has 7 nitrogen and oxygen atoms in total. The number of ether oxygens (including phenoxy) is 2. The predicted molar refractivity (Wildman–Crippen MR) is 128 cm³/mol. The van der Waals surface area contributed by atoms with Crippen LogP contribution in [0.1, 0.15) is 25.3 Å². The third kappa shape index (κ3) is 5.73. The summed E-state index contributed by atoms with van der Waals surface area (Å²) in [6, 6.07) is 18.0. The molecular formula is C25H23F3N2O5S. The second-order valence-corrected chi connectivity index (χ2v) is 9.83. The van der Waals surface area contributed by atoms with Crippen molar-refractivity contribution in [1.29, 1.82) is 0 Å². The van der Waals surface area contributed by atoms with Crippen molar-refractivity contribution in [1.82, 2.24) is 0 Å². The third-order valence-corrected chi connectivity index (χ3v) is 7.04. The molecule has 4 rings (SSSR count). The molecule has 1 fully saturated rings. The van der Waals surface area contributed by atoms with E-state index in [-0.39, 0.29) is 28.8 Å². The second kappa shape index (κ2) is 9.73. The van der Waals surface area contributed by atoms with Gasteiger partial charge in [-0.05, 0) is 49.6 Å². The SMILES string of the molecule is CCOc1cc(NC(=O)C2(c3ccccc3)CC2)ccc1S(=O)(=O)Nc1cccc(OC(F)(F)F)c1. The van der Waals surface area contributed by atoms with Gasteiger partial charge in [-0.25, -0.2) is 8.42 Å². The summed E-state index contributed by atoms with van der Waals surface area (Å²) < 4.78 is 75.2. The molecule has 36 heavy (non-hydrogen) atoms. The number of hydrogen-bond acceptors (Lipinski definition) is 5. The molecule has 0 spiro atoms. The fourth-order valence-corrected chi connectivity index (χ4v) is 5.00. The first-order valence-corrected chi connectivity index (χ1v) is 12.5. The smallest absolute Gasteiger partial charge is 0.492 e. The summed E-state index contributed by atoms with van der Waals surface area (Å²) in [6.45, 7) is 1.81. The normalized spacial score (nSPS) is 14.6. The van der Waals surface area contributed by atoms with E-state index in [4.69, 9.17) is 4.74 Å². The maximum absolute atomic E-state index is 13.0. The van der Waals surface area contributed by atoms with Crippen LogP contribution in [0.2, 0.25) is 0 Å². The van der Waals surface area contributed by atoms with Crippen molar-refractivity contribution in [2.24, 2.45) is 0 Å². The zero-order chi connectivity index (χ0) is 26.0. The fraction of sp³-hybridized carbons (Fsp3) is 0.240. The van der Waals surface area contributed by atoms with Gasteiger partial charge in [0.15, 0.2) is 0 Å². The first-order chi connectivity index (χ1) is 17.0. The number of halogens is 3. The van der Waals surface area contributed by atoms with Crippen molar-refractivity contribution in [2.45, 2.75) is 36.4 Å². The Labute approximate surface area is 206 Å². The van der Waals surface area contributed by atoms with E-state index in [0.717, 1.165) is 17.7 Å². The topological polar surface area (TPSA) is 93.7 Å².